The van der Waals surface area contributed by atoms with Crippen LogP contribution in [0.4, 0.5) is 0 Å². The fourth-order valence-electron chi connectivity index (χ4n) is 3.41. The molecule has 0 aromatic heterocycles. The number of hydrogen-bond acceptors (Lipinski definition) is 2. The van der Waals surface area contributed by atoms with Crippen molar-refractivity contribution in [3.05, 3.63) is 28.8 Å². The van der Waals surface area contributed by atoms with Gasteiger partial charge in [-0.3, -0.25) is 0 Å². The zero-order valence-electron chi connectivity index (χ0n) is 13.1. The average Bonchev–Trinajstić information content (AvgIpc) is 2.40. The molecule has 1 unspecified atom stereocenters. The Bertz CT molecular complexity index is 431. The van der Waals surface area contributed by atoms with Crippen LogP contribution in [0.15, 0.2) is 12.1 Å². The highest BCUT2D eigenvalue weighted by molar-refractivity contribution is 5.42. The van der Waals surface area contributed by atoms with Gasteiger partial charge in [0.15, 0.2) is 0 Å². The quantitative estimate of drug-likeness (QED) is 0.866. The molecule has 0 amide bonds. The van der Waals surface area contributed by atoms with Crippen molar-refractivity contribution in [2.45, 2.75) is 64.9 Å². The SMILES string of the molecule is COc1cc(C)c(C(O)C2CCCCCCC2)cc1C. The lowest BCUT2D eigenvalue weighted by atomic mass is 9.83. The van der Waals surface area contributed by atoms with E-state index in [4.69, 9.17) is 4.74 Å². The third-order valence-corrected chi connectivity index (χ3v) is 4.70. The summed E-state index contributed by atoms with van der Waals surface area (Å²) in [6.07, 6.45) is 8.53. The first kappa shape index (κ1) is 15.4. The van der Waals surface area contributed by atoms with Crippen LogP contribution >= 0.6 is 0 Å². The molecule has 2 heteroatoms. The molecular formula is C18H28O2. The fraction of sp³-hybridized carbons (Fsp3) is 0.667. The van der Waals surface area contributed by atoms with Crippen molar-refractivity contribution in [1.29, 1.82) is 0 Å². The second-order valence-electron chi connectivity index (χ2n) is 6.23. The summed E-state index contributed by atoms with van der Waals surface area (Å²) < 4.78 is 5.36. The van der Waals surface area contributed by atoms with Crippen LogP contribution < -0.4 is 4.74 Å². The van der Waals surface area contributed by atoms with Crippen molar-refractivity contribution in [1.82, 2.24) is 0 Å². The number of aryl methyl sites for hydroxylation is 2. The minimum absolute atomic E-state index is 0.322. The third kappa shape index (κ3) is 3.54. The molecule has 0 saturated heterocycles. The van der Waals surface area contributed by atoms with E-state index in [1.54, 1.807) is 7.11 Å². The Kier molecular flexibility index (Phi) is 5.47. The summed E-state index contributed by atoms with van der Waals surface area (Å²) in [6.45, 7) is 4.12. The van der Waals surface area contributed by atoms with Gasteiger partial charge in [-0.05, 0) is 61.4 Å². The second kappa shape index (κ2) is 7.12. The van der Waals surface area contributed by atoms with E-state index in [-0.39, 0.29) is 6.10 Å². The summed E-state index contributed by atoms with van der Waals surface area (Å²) in [5.74, 6) is 1.33. The topological polar surface area (TPSA) is 29.5 Å². The van der Waals surface area contributed by atoms with Gasteiger partial charge in [0.1, 0.15) is 5.75 Å². The lowest BCUT2D eigenvalue weighted by Gasteiger charge is -2.27. The highest BCUT2D eigenvalue weighted by Crippen LogP contribution is 2.36. The number of aliphatic hydroxyl groups is 1. The second-order valence-corrected chi connectivity index (χ2v) is 6.23. The molecule has 2 rings (SSSR count). The first-order valence-corrected chi connectivity index (χ1v) is 7.96. The van der Waals surface area contributed by atoms with Crippen molar-refractivity contribution in [2.75, 3.05) is 7.11 Å². The van der Waals surface area contributed by atoms with Crippen molar-refractivity contribution in [3.8, 4) is 5.75 Å². The molecule has 1 saturated carbocycles. The van der Waals surface area contributed by atoms with Crippen LogP contribution in [-0.2, 0) is 0 Å². The monoisotopic (exact) mass is 276 g/mol. The van der Waals surface area contributed by atoms with Gasteiger partial charge in [-0.25, -0.2) is 0 Å². The fourth-order valence-corrected chi connectivity index (χ4v) is 3.41. The summed E-state index contributed by atoms with van der Waals surface area (Å²) in [4.78, 5) is 0. The van der Waals surface area contributed by atoms with E-state index < -0.39 is 0 Å². The first-order chi connectivity index (χ1) is 9.63. The predicted octanol–water partition coefficient (Wildman–Crippen LogP) is 4.71. The van der Waals surface area contributed by atoms with Gasteiger partial charge < -0.3 is 9.84 Å². The van der Waals surface area contributed by atoms with Gasteiger partial charge in [0.25, 0.3) is 0 Å². The lowest BCUT2D eigenvalue weighted by molar-refractivity contribution is 0.0906. The molecule has 1 aromatic rings. The average molecular weight is 276 g/mol. The Balaban J connectivity index is 2.18. The number of ether oxygens (including phenoxy) is 1. The number of benzene rings is 1. The Morgan fingerprint density at radius 3 is 2.20 bits per heavy atom. The van der Waals surface area contributed by atoms with E-state index in [2.05, 4.69) is 19.1 Å². The largest absolute Gasteiger partial charge is 0.496 e. The van der Waals surface area contributed by atoms with E-state index in [1.165, 1.54) is 32.1 Å². The summed E-state index contributed by atoms with van der Waals surface area (Å²) >= 11 is 0. The molecule has 0 spiro atoms. The summed E-state index contributed by atoms with van der Waals surface area (Å²) in [5, 5.41) is 10.8. The number of aliphatic hydroxyl groups excluding tert-OH is 1. The molecule has 1 aliphatic rings. The summed E-state index contributed by atoms with van der Waals surface area (Å²) in [6, 6.07) is 4.16. The van der Waals surface area contributed by atoms with Gasteiger partial charge in [0.05, 0.1) is 13.2 Å². The third-order valence-electron chi connectivity index (χ3n) is 4.70. The molecule has 2 nitrogen and oxygen atoms in total. The van der Waals surface area contributed by atoms with Crippen LogP contribution in [0.5, 0.6) is 5.75 Å². The Morgan fingerprint density at radius 2 is 1.60 bits per heavy atom. The van der Waals surface area contributed by atoms with E-state index >= 15 is 0 Å². The van der Waals surface area contributed by atoms with Crippen LogP contribution in [0.2, 0.25) is 0 Å². The molecule has 20 heavy (non-hydrogen) atoms. The minimum atomic E-state index is -0.322. The minimum Gasteiger partial charge on any atom is -0.496 e. The van der Waals surface area contributed by atoms with Crippen molar-refractivity contribution >= 4 is 0 Å². The molecule has 0 heterocycles. The maximum absolute atomic E-state index is 10.8. The number of rotatable bonds is 3. The zero-order valence-corrected chi connectivity index (χ0v) is 13.1. The molecule has 112 valence electrons. The summed E-state index contributed by atoms with van der Waals surface area (Å²) in [7, 11) is 1.70. The van der Waals surface area contributed by atoms with E-state index in [9.17, 15) is 5.11 Å². The molecular weight excluding hydrogens is 248 g/mol. The van der Waals surface area contributed by atoms with Crippen molar-refractivity contribution in [2.24, 2.45) is 5.92 Å². The standard InChI is InChI=1S/C18H28O2/c1-13-12-17(20-3)14(2)11-16(13)18(19)15-9-7-5-4-6-8-10-15/h11-12,15,18-19H,4-10H2,1-3H3. The highest BCUT2D eigenvalue weighted by Gasteiger charge is 2.23. The molecule has 0 bridgehead atoms. The van der Waals surface area contributed by atoms with Gasteiger partial charge in [0.2, 0.25) is 0 Å². The van der Waals surface area contributed by atoms with Gasteiger partial charge in [-0.15, -0.1) is 0 Å². The van der Waals surface area contributed by atoms with E-state index in [0.29, 0.717) is 5.92 Å². The normalized spacial score (nSPS) is 19.2. The summed E-state index contributed by atoms with van der Waals surface area (Å²) in [5.41, 5.74) is 3.34. The van der Waals surface area contributed by atoms with Gasteiger partial charge in [0, 0.05) is 0 Å². The predicted molar refractivity (Wildman–Crippen MR) is 83.2 cm³/mol. The van der Waals surface area contributed by atoms with Crippen LogP contribution in [0, 0.1) is 19.8 Å². The molecule has 1 aliphatic carbocycles. The van der Waals surface area contributed by atoms with Gasteiger partial charge >= 0.3 is 0 Å². The van der Waals surface area contributed by atoms with Crippen LogP contribution in [-0.4, -0.2) is 12.2 Å². The van der Waals surface area contributed by atoms with Gasteiger partial charge in [-0.1, -0.05) is 32.1 Å². The molecule has 0 radical (unpaired) electrons. The van der Waals surface area contributed by atoms with Crippen molar-refractivity contribution in [3.63, 3.8) is 0 Å². The number of hydrogen-bond donors (Lipinski definition) is 1. The van der Waals surface area contributed by atoms with E-state index in [0.717, 1.165) is 35.3 Å². The Hall–Kier alpha value is -1.02. The molecule has 1 aromatic carbocycles. The Morgan fingerprint density at radius 1 is 1.00 bits per heavy atom. The lowest BCUT2D eigenvalue weighted by Crippen LogP contribution is -2.15. The molecule has 1 fully saturated rings. The zero-order chi connectivity index (χ0) is 14.5. The maximum atomic E-state index is 10.8. The van der Waals surface area contributed by atoms with Crippen molar-refractivity contribution < 1.29 is 9.84 Å². The molecule has 1 N–H and O–H groups in total. The van der Waals surface area contributed by atoms with E-state index in [1.807, 2.05) is 6.92 Å². The molecule has 0 aliphatic heterocycles. The maximum Gasteiger partial charge on any atom is 0.122 e. The molecule has 1 atom stereocenters. The number of methoxy groups -OCH3 is 1. The van der Waals surface area contributed by atoms with Crippen LogP contribution in [0.3, 0.4) is 0 Å². The van der Waals surface area contributed by atoms with Gasteiger partial charge in [-0.2, -0.15) is 0 Å². The van der Waals surface area contributed by atoms with Crippen LogP contribution in [0.1, 0.15) is 67.7 Å². The van der Waals surface area contributed by atoms with Crippen LogP contribution in [0.25, 0.3) is 0 Å². The smallest absolute Gasteiger partial charge is 0.122 e. The highest BCUT2D eigenvalue weighted by atomic mass is 16.5. The first-order valence-electron chi connectivity index (χ1n) is 7.96. The Labute approximate surface area is 123 Å².